The molecule has 0 saturated carbocycles. The molecule has 1 aliphatic rings. The van der Waals surface area contributed by atoms with E-state index in [4.69, 9.17) is 0 Å². The van der Waals surface area contributed by atoms with E-state index in [-0.39, 0.29) is 11.7 Å². The van der Waals surface area contributed by atoms with E-state index in [0.29, 0.717) is 32.6 Å². The van der Waals surface area contributed by atoms with Crippen LogP contribution in [0.2, 0.25) is 0 Å². The molecule has 0 spiro atoms. The van der Waals surface area contributed by atoms with Gasteiger partial charge in [0.25, 0.3) is 0 Å². The number of carbonyl (C=O) groups is 1. The van der Waals surface area contributed by atoms with Gasteiger partial charge in [0.1, 0.15) is 18.0 Å². The summed E-state index contributed by atoms with van der Waals surface area (Å²) in [7, 11) is 2.09. The zero-order valence-corrected chi connectivity index (χ0v) is 21.2. The third-order valence-corrected chi connectivity index (χ3v) is 6.55. The maximum Gasteiger partial charge on any atom is 0.323 e. The molecule has 3 N–H and O–H groups in total. The minimum atomic E-state index is -0.411. The lowest BCUT2D eigenvalue weighted by Gasteiger charge is -2.35. The van der Waals surface area contributed by atoms with Gasteiger partial charge < -0.3 is 25.8 Å². The van der Waals surface area contributed by atoms with Gasteiger partial charge in [-0.25, -0.2) is 19.2 Å². The zero-order valence-electron chi connectivity index (χ0n) is 19.6. The highest BCUT2D eigenvalue weighted by molar-refractivity contribution is 9.10. The van der Waals surface area contributed by atoms with Crippen molar-refractivity contribution >= 4 is 61.4 Å². The van der Waals surface area contributed by atoms with Crippen LogP contribution in [0.15, 0.2) is 71.5 Å². The van der Waals surface area contributed by atoms with Crippen LogP contribution in [-0.4, -0.2) is 54.1 Å². The van der Waals surface area contributed by atoms with Crippen molar-refractivity contribution in [3.8, 4) is 0 Å². The Kier molecular flexibility index (Phi) is 6.97. The Labute approximate surface area is 216 Å². The molecule has 36 heavy (non-hydrogen) atoms. The number of nitrogens with one attached hydrogen (secondary N) is 3. The number of halogens is 2. The van der Waals surface area contributed by atoms with Crippen molar-refractivity contribution in [2.75, 3.05) is 54.1 Å². The molecule has 0 aliphatic carbocycles. The monoisotopic (exact) mass is 549 g/mol. The van der Waals surface area contributed by atoms with Crippen LogP contribution in [0.5, 0.6) is 0 Å². The van der Waals surface area contributed by atoms with Gasteiger partial charge in [-0.15, -0.1) is 0 Å². The largest absolute Gasteiger partial charge is 0.367 e. The van der Waals surface area contributed by atoms with Gasteiger partial charge in [-0.05, 0) is 49.5 Å². The summed E-state index contributed by atoms with van der Waals surface area (Å²) < 4.78 is 15.2. The number of hydrogen-bond donors (Lipinski definition) is 3. The Bertz CT molecular complexity index is 1390. The molecule has 1 fully saturated rings. The van der Waals surface area contributed by atoms with Crippen molar-refractivity contribution in [2.45, 2.75) is 0 Å². The highest BCUT2D eigenvalue weighted by Crippen LogP contribution is 2.35. The van der Waals surface area contributed by atoms with Gasteiger partial charge in [0.15, 0.2) is 0 Å². The number of aromatic nitrogens is 2. The summed E-state index contributed by atoms with van der Waals surface area (Å²) in [5.41, 5.74) is 3.16. The van der Waals surface area contributed by atoms with Crippen LogP contribution in [-0.2, 0) is 0 Å². The smallest absolute Gasteiger partial charge is 0.323 e. The molecule has 8 nitrogen and oxygen atoms in total. The van der Waals surface area contributed by atoms with Crippen molar-refractivity contribution in [1.29, 1.82) is 0 Å². The van der Waals surface area contributed by atoms with E-state index in [0.717, 1.165) is 31.9 Å². The first-order chi connectivity index (χ1) is 17.5. The number of rotatable bonds is 5. The van der Waals surface area contributed by atoms with Gasteiger partial charge in [-0.1, -0.05) is 34.1 Å². The Morgan fingerprint density at radius 1 is 0.944 bits per heavy atom. The van der Waals surface area contributed by atoms with E-state index in [2.05, 4.69) is 58.7 Å². The molecule has 0 atom stereocenters. The van der Waals surface area contributed by atoms with E-state index in [1.807, 2.05) is 42.5 Å². The summed E-state index contributed by atoms with van der Waals surface area (Å²) in [5, 5.41) is 9.60. The average Bonchev–Trinajstić information content (AvgIpc) is 2.87. The topological polar surface area (TPSA) is 85.4 Å². The maximum atomic E-state index is 14.5. The Hall–Kier alpha value is -3.76. The Morgan fingerprint density at radius 3 is 2.47 bits per heavy atom. The van der Waals surface area contributed by atoms with Gasteiger partial charge in [-0.3, -0.25) is 0 Å². The molecule has 0 bridgehead atoms. The lowest BCUT2D eigenvalue weighted by molar-refractivity contribution is 0.262. The number of para-hydroxylation sites is 1. The van der Waals surface area contributed by atoms with Crippen LogP contribution in [0.25, 0.3) is 10.9 Å². The van der Waals surface area contributed by atoms with E-state index in [1.165, 1.54) is 12.4 Å². The predicted octanol–water partition coefficient (Wildman–Crippen LogP) is 5.67. The molecular formula is C26H25BrFN7O. The van der Waals surface area contributed by atoms with E-state index in [1.54, 1.807) is 12.1 Å². The molecule has 0 radical (unpaired) electrons. The number of benzene rings is 3. The molecule has 184 valence electrons. The third kappa shape index (κ3) is 5.39. The van der Waals surface area contributed by atoms with Crippen LogP contribution in [0, 0.1) is 5.82 Å². The quantitative estimate of drug-likeness (QED) is 0.297. The number of carbonyl (C=O) groups excluding carboxylic acids is 1. The van der Waals surface area contributed by atoms with Crippen molar-refractivity contribution in [3.63, 3.8) is 0 Å². The second-order valence-corrected chi connectivity index (χ2v) is 9.51. The zero-order chi connectivity index (χ0) is 25.1. The number of hydrogen-bond acceptors (Lipinski definition) is 6. The molecule has 2 amide bonds. The molecule has 10 heteroatoms. The molecular weight excluding hydrogens is 525 g/mol. The first kappa shape index (κ1) is 24.0. The fourth-order valence-electron chi connectivity index (χ4n) is 4.13. The van der Waals surface area contributed by atoms with Crippen molar-refractivity contribution in [2.24, 2.45) is 0 Å². The molecule has 2 heterocycles. The minimum Gasteiger partial charge on any atom is -0.367 e. The number of urea groups is 1. The number of fused-ring (bicyclic) bond motifs is 1. The second-order valence-electron chi connectivity index (χ2n) is 8.59. The van der Waals surface area contributed by atoms with Gasteiger partial charge in [-0.2, -0.15) is 0 Å². The summed E-state index contributed by atoms with van der Waals surface area (Å²) in [6.07, 6.45) is 1.45. The fraction of sp³-hybridized carbons (Fsp3) is 0.192. The first-order valence-electron chi connectivity index (χ1n) is 11.5. The van der Waals surface area contributed by atoms with Crippen LogP contribution in [0.3, 0.4) is 0 Å². The van der Waals surface area contributed by atoms with Crippen LogP contribution in [0.1, 0.15) is 0 Å². The summed E-state index contributed by atoms with van der Waals surface area (Å²) in [6.45, 7) is 3.45. The highest BCUT2D eigenvalue weighted by atomic mass is 79.9. The summed E-state index contributed by atoms with van der Waals surface area (Å²) in [4.78, 5) is 26.2. The van der Waals surface area contributed by atoms with Gasteiger partial charge in [0, 0.05) is 41.7 Å². The van der Waals surface area contributed by atoms with Crippen molar-refractivity contribution in [3.05, 3.63) is 77.3 Å². The molecule has 1 aliphatic heterocycles. The Morgan fingerprint density at radius 2 is 1.72 bits per heavy atom. The molecule has 5 rings (SSSR count). The van der Waals surface area contributed by atoms with E-state index < -0.39 is 5.82 Å². The summed E-state index contributed by atoms with van der Waals surface area (Å²) in [5.74, 6) is 0.0310. The number of likely N-dealkylation sites (N-methyl/N-ethyl adjacent to an activating group) is 1. The third-order valence-electron chi connectivity index (χ3n) is 6.06. The molecule has 1 aromatic heterocycles. The number of amides is 2. The molecule has 0 unspecified atom stereocenters. The normalized spacial score (nSPS) is 14.0. The van der Waals surface area contributed by atoms with E-state index in [9.17, 15) is 9.18 Å². The first-order valence-corrected chi connectivity index (χ1v) is 12.3. The van der Waals surface area contributed by atoms with Crippen molar-refractivity contribution in [1.82, 2.24) is 14.9 Å². The molecule has 1 saturated heterocycles. The number of nitrogens with zero attached hydrogens (tertiary/aromatic N) is 4. The second kappa shape index (κ2) is 10.5. The summed E-state index contributed by atoms with van der Waals surface area (Å²) in [6, 6.07) is 17.5. The minimum absolute atomic E-state index is 0.290. The fourth-order valence-corrected chi connectivity index (χ4v) is 4.46. The number of anilines is 5. The van der Waals surface area contributed by atoms with E-state index >= 15 is 0 Å². The standard InChI is InChI=1S/C26H25BrFN7O/c1-34-9-11-35(12-10-34)24-15-22-19(14-23(24)33-26(36)31-18-5-3-2-4-6-18)25(30-16-29-22)32-21-8-7-17(27)13-20(21)28/h2-8,13-16H,9-12H2,1H3,(H,29,30,32)(H2,31,33,36). The SMILES string of the molecule is CN1CCN(c2cc3ncnc(Nc4ccc(Br)cc4F)c3cc2NC(=O)Nc2ccccc2)CC1. The van der Waals surface area contributed by atoms with Crippen LogP contribution >= 0.6 is 15.9 Å². The number of piperazine rings is 1. The predicted molar refractivity (Wildman–Crippen MR) is 146 cm³/mol. The molecule has 4 aromatic rings. The Balaban J connectivity index is 1.52. The lowest BCUT2D eigenvalue weighted by Crippen LogP contribution is -2.44. The summed E-state index contributed by atoms with van der Waals surface area (Å²) >= 11 is 3.28. The molecule has 3 aromatic carbocycles. The highest BCUT2D eigenvalue weighted by Gasteiger charge is 2.20. The van der Waals surface area contributed by atoms with Gasteiger partial charge in [0.05, 0.1) is 22.6 Å². The average molecular weight is 550 g/mol. The maximum absolute atomic E-state index is 14.5. The van der Waals surface area contributed by atoms with Crippen LogP contribution < -0.4 is 20.9 Å². The van der Waals surface area contributed by atoms with Gasteiger partial charge in [0.2, 0.25) is 0 Å². The van der Waals surface area contributed by atoms with Gasteiger partial charge >= 0.3 is 6.03 Å². The van der Waals surface area contributed by atoms with Crippen LogP contribution in [0.4, 0.5) is 37.8 Å². The lowest BCUT2D eigenvalue weighted by atomic mass is 10.1. The van der Waals surface area contributed by atoms with Crippen molar-refractivity contribution < 1.29 is 9.18 Å².